The van der Waals surface area contributed by atoms with Crippen LogP contribution in [-0.2, 0) is 4.74 Å². The average molecular weight is 315 g/mol. The third-order valence-electron chi connectivity index (χ3n) is 3.75. The van der Waals surface area contributed by atoms with Gasteiger partial charge in [0.15, 0.2) is 0 Å². The van der Waals surface area contributed by atoms with E-state index in [1.54, 1.807) is 6.07 Å². The van der Waals surface area contributed by atoms with E-state index in [1.165, 1.54) is 12.8 Å². The minimum atomic E-state index is -0.700. The summed E-state index contributed by atoms with van der Waals surface area (Å²) in [5.74, 6) is 0.374. The predicted molar refractivity (Wildman–Crippen MR) is 85.9 cm³/mol. The molecule has 0 saturated heterocycles. The molecule has 1 aromatic carbocycles. The lowest BCUT2D eigenvalue weighted by Crippen LogP contribution is -2.34. The summed E-state index contributed by atoms with van der Waals surface area (Å²) in [5, 5.41) is 19.3. The second-order valence-corrected chi connectivity index (χ2v) is 5.88. The fourth-order valence-electron chi connectivity index (χ4n) is 2.21. The number of hydrogen-bond acceptors (Lipinski definition) is 4. The molecular formula is C17H21N3O3. The standard InChI is InChI=1S/C17H21N3O3/c21-14(11-23-10-12-6-7-12)9-18-17(22)16-8-15(19-20-16)13-4-2-1-3-5-13/h1-5,8,12,14,21H,6-7,9-11H2,(H,18,22)(H,19,20). The van der Waals surface area contributed by atoms with Gasteiger partial charge in [-0.2, -0.15) is 5.10 Å². The summed E-state index contributed by atoms with van der Waals surface area (Å²) in [7, 11) is 0. The summed E-state index contributed by atoms with van der Waals surface area (Å²) < 4.78 is 5.40. The molecule has 1 saturated carbocycles. The number of rotatable bonds is 8. The van der Waals surface area contributed by atoms with Crippen LogP contribution in [0.15, 0.2) is 36.4 Å². The SMILES string of the molecule is O=C(NCC(O)COCC1CC1)c1cc(-c2ccccc2)n[nH]1. The Morgan fingerprint density at radius 1 is 1.39 bits per heavy atom. The Morgan fingerprint density at radius 3 is 2.91 bits per heavy atom. The lowest BCUT2D eigenvalue weighted by Gasteiger charge is -2.11. The monoisotopic (exact) mass is 315 g/mol. The molecule has 0 aliphatic heterocycles. The minimum absolute atomic E-state index is 0.156. The van der Waals surface area contributed by atoms with Crippen molar-refractivity contribution in [2.24, 2.45) is 5.92 Å². The highest BCUT2D eigenvalue weighted by molar-refractivity contribution is 5.93. The number of carbonyl (C=O) groups is 1. The first kappa shape index (κ1) is 15.7. The Morgan fingerprint density at radius 2 is 2.17 bits per heavy atom. The van der Waals surface area contributed by atoms with E-state index >= 15 is 0 Å². The van der Waals surface area contributed by atoms with Crippen molar-refractivity contribution >= 4 is 5.91 Å². The van der Waals surface area contributed by atoms with Crippen molar-refractivity contribution in [2.45, 2.75) is 18.9 Å². The smallest absolute Gasteiger partial charge is 0.269 e. The zero-order valence-electron chi connectivity index (χ0n) is 12.9. The number of aliphatic hydroxyl groups is 1. The Labute approximate surface area is 134 Å². The first-order valence-electron chi connectivity index (χ1n) is 7.87. The number of benzene rings is 1. The topological polar surface area (TPSA) is 87.2 Å². The molecule has 1 atom stereocenters. The van der Waals surface area contributed by atoms with Crippen molar-refractivity contribution in [1.29, 1.82) is 0 Å². The molecule has 6 heteroatoms. The number of carbonyl (C=O) groups excluding carboxylic acids is 1. The van der Waals surface area contributed by atoms with Crippen LogP contribution in [0.3, 0.4) is 0 Å². The normalized spacial score (nSPS) is 15.3. The summed E-state index contributed by atoms with van der Waals surface area (Å²) in [6, 6.07) is 11.3. The highest BCUT2D eigenvalue weighted by Crippen LogP contribution is 2.28. The van der Waals surface area contributed by atoms with Gasteiger partial charge in [0.2, 0.25) is 0 Å². The number of amides is 1. The Balaban J connectivity index is 1.45. The van der Waals surface area contributed by atoms with E-state index in [1.807, 2.05) is 30.3 Å². The maximum absolute atomic E-state index is 12.1. The van der Waals surface area contributed by atoms with Gasteiger partial charge in [0, 0.05) is 18.7 Å². The van der Waals surface area contributed by atoms with Gasteiger partial charge in [-0.1, -0.05) is 30.3 Å². The number of hydrogen-bond donors (Lipinski definition) is 3. The van der Waals surface area contributed by atoms with Crippen molar-refractivity contribution in [3.63, 3.8) is 0 Å². The summed E-state index contributed by atoms with van der Waals surface area (Å²) in [4.78, 5) is 12.1. The van der Waals surface area contributed by atoms with E-state index in [4.69, 9.17) is 4.74 Å². The second kappa shape index (κ2) is 7.39. The van der Waals surface area contributed by atoms with E-state index in [-0.39, 0.29) is 19.1 Å². The maximum atomic E-state index is 12.1. The lowest BCUT2D eigenvalue weighted by molar-refractivity contribution is 0.0320. The highest BCUT2D eigenvalue weighted by atomic mass is 16.5. The number of nitrogens with zero attached hydrogens (tertiary/aromatic N) is 1. The molecule has 1 aromatic heterocycles. The molecule has 1 heterocycles. The number of aromatic nitrogens is 2. The number of H-pyrrole nitrogens is 1. The van der Waals surface area contributed by atoms with Crippen LogP contribution in [0.2, 0.25) is 0 Å². The molecule has 122 valence electrons. The van der Waals surface area contributed by atoms with Crippen LogP contribution < -0.4 is 5.32 Å². The van der Waals surface area contributed by atoms with Crippen LogP contribution in [0.1, 0.15) is 23.3 Å². The molecule has 0 spiro atoms. The van der Waals surface area contributed by atoms with Gasteiger partial charge in [0.05, 0.1) is 18.4 Å². The summed E-state index contributed by atoms with van der Waals surface area (Å²) >= 11 is 0. The molecule has 1 aliphatic rings. The lowest BCUT2D eigenvalue weighted by atomic mass is 10.1. The fraction of sp³-hybridized carbons (Fsp3) is 0.412. The van der Waals surface area contributed by atoms with Crippen molar-refractivity contribution in [2.75, 3.05) is 19.8 Å². The van der Waals surface area contributed by atoms with E-state index in [9.17, 15) is 9.90 Å². The van der Waals surface area contributed by atoms with E-state index in [0.29, 0.717) is 23.9 Å². The Bertz CT molecular complexity index is 638. The third-order valence-corrected chi connectivity index (χ3v) is 3.75. The summed E-state index contributed by atoms with van der Waals surface area (Å²) in [6.07, 6.45) is 1.74. The van der Waals surface area contributed by atoms with Crippen LogP contribution in [0.5, 0.6) is 0 Å². The van der Waals surface area contributed by atoms with E-state index in [2.05, 4.69) is 15.5 Å². The molecular weight excluding hydrogens is 294 g/mol. The molecule has 0 radical (unpaired) electrons. The number of nitrogens with one attached hydrogen (secondary N) is 2. The van der Waals surface area contributed by atoms with Crippen molar-refractivity contribution < 1.29 is 14.6 Å². The van der Waals surface area contributed by atoms with Crippen LogP contribution in [0.25, 0.3) is 11.3 Å². The van der Waals surface area contributed by atoms with Crippen molar-refractivity contribution in [1.82, 2.24) is 15.5 Å². The molecule has 2 aromatic rings. The van der Waals surface area contributed by atoms with Gasteiger partial charge >= 0.3 is 0 Å². The molecule has 3 rings (SSSR count). The Kier molecular flexibility index (Phi) is 5.05. The third kappa shape index (κ3) is 4.64. The quantitative estimate of drug-likeness (QED) is 0.690. The predicted octanol–water partition coefficient (Wildman–Crippen LogP) is 1.59. The molecule has 1 aliphatic carbocycles. The van der Waals surface area contributed by atoms with Crippen molar-refractivity contribution in [3.8, 4) is 11.3 Å². The molecule has 1 amide bonds. The van der Waals surface area contributed by atoms with Gasteiger partial charge in [-0.15, -0.1) is 0 Å². The maximum Gasteiger partial charge on any atom is 0.269 e. The first-order valence-corrected chi connectivity index (χ1v) is 7.87. The Hall–Kier alpha value is -2.18. The molecule has 1 unspecified atom stereocenters. The second-order valence-electron chi connectivity index (χ2n) is 5.88. The molecule has 0 bridgehead atoms. The molecule has 3 N–H and O–H groups in total. The first-order chi connectivity index (χ1) is 11.2. The molecule has 23 heavy (non-hydrogen) atoms. The van der Waals surface area contributed by atoms with E-state index in [0.717, 1.165) is 5.56 Å². The number of ether oxygens (including phenoxy) is 1. The zero-order valence-corrected chi connectivity index (χ0v) is 12.9. The van der Waals surface area contributed by atoms with Gasteiger partial charge < -0.3 is 15.2 Å². The number of aliphatic hydroxyl groups excluding tert-OH is 1. The van der Waals surface area contributed by atoms with Gasteiger partial charge in [0.1, 0.15) is 5.69 Å². The van der Waals surface area contributed by atoms with Crippen LogP contribution in [0.4, 0.5) is 0 Å². The fourth-order valence-corrected chi connectivity index (χ4v) is 2.21. The largest absolute Gasteiger partial charge is 0.389 e. The van der Waals surface area contributed by atoms with Gasteiger partial charge in [-0.05, 0) is 24.8 Å². The van der Waals surface area contributed by atoms with Gasteiger partial charge in [0.25, 0.3) is 5.91 Å². The van der Waals surface area contributed by atoms with Crippen molar-refractivity contribution in [3.05, 3.63) is 42.1 Å². The summed E-state index contributed by atoms with van der Waals surface area (Å²) in [6.45, 7) is 1.10. The highest BCUT2D eigenvalue weighted by Gasteiger charge is 2.21. The van der Waals surface area contributed by atoms with Gasteiger partial charge in [-0.25, -0.2) is 0 Å². The molecule has 1 fully saturated rings. The minimum Gasteiger partial charge on any atom is -0.389 e. The van der Waals surface area contributed by atoms with Crippen LogP contribution in [-0.4, -0.2) is 47.1 Å². The van der Waals surface area contributed by atoms with Crippen LogP contribution >= 0.6 is 0 Å². The average Bonchev–Trinajstić information content (AvgIpc) is 3.26. The summed E-state index contributed by atoms with van der Waals surface area (Å²) in [5.41, 5.74) is 2.02. The van der Waals surface area contributed by atoms with Crippen LogP contribution in [0, 0.1) is 5.92 Å². The zero-order chi connectivity index (χ0) is 16.1. The van der Waals surface area contributed by atoms with Gasteiger partial charge in [-0.3, -0.25) is 9.89 Å². The van der Waals surface area contributed by atoms with E-state index < -0.39 is 6.10 Å². The molecule has 6 nitrogen and oxygen atoms in total. The number of aromatic amines is 1.